The molecule has 2 fully saturated rings. The number of hydrogen-bond donors (Lipinski definition) is 2. The number of carbonyl (C=O) groups excluding carboxylic acids is 2. The molecule has 2 N–H and O–H groups in total. The number of amides is 2. The van der Waals surface area contributed by atoms with Gasteiger partial charge in [0.1, 0.15) is 16.4 Å². The normalized spacial score (nSPS) is 21.3. The summed E-state index contributed by atoms with van der Waals surface area (Å²) in [6.07, 6.45) is 3.22. The van der Waals surface area contributed by atoms with Gasteiger partial charge in [0.05, 0.1) is 13.3 Å². The Bertz CT molecular complexity index is 1100. The average molecular weight is 470 g/mol. The number of likely N-dealkylation sites (tertiary alicyclic amines) is 1. The van der Waals surface area contributed by atoms with Crippen molar-refractivity contribution < 1.29 is 14.3 Å². The molecule has 2 saturated heterocycles. The maximum absolute atomic E-state index is 13.5. The van der Waals surface area contributed by atoms with Crippen LogP contribution in [0.25, 0.3) is 11.1 Å². The summed E-state index contributed by atoms with van der Waals surface area (Å²) in [4.78, 5) is 32.5. The molecule has 8 nitrogen and oxygen atoms in total. The molecule has 0 radical (unpaired) electrons. The molecule has 2 amide bonds. The van der Waals surface area contributed by atoms with Gasteiger partial charge in [-0.1, -0.05) is 29.8 Å². The lowest BCUT2D eigenvalue weighted by Gasteiger charge is -2.33. The van der Waals surface area contributed by atoms with Gasteiger partial charge < -0.3 is 15.0 Å². The standard InChI is InChI=1S/C24H28ClN5O3/c1-15(31)29-9-7-16(8-10-29)14-30-22(32)24(2,28-23(30)26)18-6-4-5-17(11-18)19-12-21(25)27-13-20(19)33-3/h4-6,11-13,16H,7-10,14H2,1-3H3,(H2,26,28). The van der Waals surface area contributed by atoms with Gasteiger partial charge in [-0.05, 0) is 48.9 Å². The maximum atomic E-state index is 13.5. The molecule has 0 spiro atoms. The van der Waals surface area contributed by atoms with E-state index < -0.39 is 5.54 Å². The van der Waals surface area contributed by atoms with Crippen LogP contribution in [-0.4, -0.2) is 59.3 Å². The summed E-state index contributed by atoms with van der Waals surface area (Å²) in [5.41, 5.74) is 1.30. The summed E-state index contributed by atoms with van der Waals surface area (Å²) in [5, 5.41) is 11.9. The Morgan fingerprint density at radius 2 is 2.06 bits per heavy atom. The third kappa shape index (κ3) is 4.39. The van der Waals surface area contributed by atoms with Gasteiger partial charge in [-0.2, -0.15) is 0 Å². The van der Waals surface area contributed by atoms with Crippen molar-refractivity contribution in [2.45, 2.75) is 32.2 Å². The van der Waals surface area contributed by atoms with Gasteiger partial charge >= 0.3 is 0 Å². The first-order chi connectivity index (χ1) is 15.7. The fourth-order valence-electron chi connectivity index (χ4n) is 4.59. The van der Waals surface area contributed by atoms with Crippen LogP contribution in [0.4, 0.5) is 0 Å². The minimum absolute atomic E-state index is 0.0830. The van der Waals surface area contributed by atoms with E-state index in [4.69, 9.17) is 21.7 Å². The molecule has 1 unspecified atom stereocenters. The number of hydrogen-bond acceptors (Lipinski definition) is 5. The van der Waals surface area contributed by atoms with E-state index in [1.165, 1.54) is 4.90 Å². The minimum atomic E-state index is -1.06. The van der Waals surface area contributed by atoms with Gasteiger partial charge in [0.2, 0.25) is 5.91 Å². The number of benzene rings is 1. The smallest absolute Gasteiger partial charge is 0.259 e. The van der Waals surface area contributed by atoms with Crippen molar-refractivity contribution in [2.75, 3.05) is 26.7 Å². The Morgan fingerprint density at radius 1 is 1.33 bits per heavy atom. The highest BCUT2D eigenvalue weighted by molar-refractivity contribution is 6.29. The van der Waals surface area contributed by atoms with Crippen molar-refractivity contribution in [3.63, 3.8) is 0 Å². The summed E-state index contributed by atoms with van der Waals surface area (Å²) in [6, 6.07) is 9.33. The molecular formula is C24H28ClN5O3. The minimum Gasteiger partial charge on any atom is -0.494 e. The molecule has 3 heterocycles. The summed E-state index contributed by atoms with van der Waals surface area (Å²) in [5.74, 6) is 0.867. The molecule has 1 aromatic heterocycles. The zero-order valence-electron chi connectivity index (χ0n) is 19.0. The molecule has 2 aliphatic rings. The number of halogens is 1. The number of pyridine rings is 1. The van der Waals surface area contributed by atoms with Gasteiger partial charge in [-0.25, -0.2) is 4.98 Å². The monoisotopic (exact) mass is 469 g/mol. The highest BCUT2D eigenvalue weighted by Crippen LogP contribution is 2.36. The molecule has 33 heavy (non-hydrogen) atoms. The summed E-state index contributed by atoms with van der Waals surface area (Å²) in [6.45, 7) is 5.24. The first kappa shape index (κ1) is 23.0. The van der Waals surface area contributed by atoms with E-state index >= 15 is 0 Å². The van der Waals surface area contributed by atoms with E-state index in [1.54, 1.807) is 33.2 Å². The molecule has 4 rings (SSSR count). The van der Waals surface area contributed by atoms with E-state index in [0.29, 0.717) is 30.5 Å². The van der Waals surface area contributed by atoms with E-state index in [0.717, 1.165) is 29.5 Å². The number of nitrogens with zero attached hydrogens (tertiary/aromatic N) is 3. The third-order valence-electron chi connectivity index (χ3n) is 6.62. The highest BCUT2D eigenvalue weighted by atomic mass is 35.5. The van der Waals surface area contributed by atoms with Gasteiger partial charge in [0.25, 0.3) is 5.91 Å². The second kappa shape index (κ2) is 9.02. The fourth-order valence-corrected chi connectivity index (χ4v) is 4.75. The zero-order valence-corrected chi connectivity index (χ0v) is 19.8. The molecule has 2 aliphatic heterocycles. The summed E-state index contributed by atoms with van der Waals surface area (Å²) in [7, 11) is 1.57. The lowest BCUT2D eigenvalue weighted by atomic mass is 9.89. The van der Waals surface area contributed by atoms with E-state index in [1.807, 2.05) is 29.2 Å². The van der Waals surface area contributed by atoms with Gasteiger partial charge in [0.15, 0.2) is 5.96 Å². The van der Waals surface area contributed by atoms with Crippen LogP contribution in [0.2, 0.25) is 5.15 Å². The second-order valence-electron chi connectivity index (χ2n) is 8.75. The Labute approximate surface area is 198 Å². The molecule has 174 valence electrons. The van der Waals surface area contributed by atoms with Crippen molar-refractivity contribution in [1.29, 1.82) is 5.41 Å². The largest absolute Gasteiger partial charge is 0.494 e. The van der Waals surface area contributed by atoms with Crippen LogP contribution in [0.5, 0.6) is 5.75 Å². The highest BCUT2D eigenvalue weighted by Gasteiger charge is 2.47. The van der Waals surface area contributed by atoms with Gasteiger partial charge in [-0.3, -0.25) is 19.9 Å². The molecular weight excluding hydrogens is 442 g/mol. The summed E-state index contributed by atoms with van der Waals surface area (Å²) >= 11 is 6.11. The quantitative estimate of drug-likeness (QED) is 0.655. The van der Waals surface area contributed by atoms with Crippen molar-refractivity contribution in [3.8, 4) is 16.9 Å². The first-order valence-corrected chi connectivity index (χ1v) is 11.4. The Hall–Kier alpha value is -3.13. The van der Waals surface area contributed by atoms with Crippen molar-refractivity contribution in [2.24, 2.45) is 5.92 Å². The predicted octanol–water partition coefficient (Wildman–Crippen LogP) is 3.25. The maximum Gasteiger partial charge on any atom is 0.259 e. The van der Waals surface area contributed by atoms with Crippen LogP contribution in [0.1, 0.15) is 32.3 Å². The number of carbonyl (C=O) groups is 2. The number of ether oxygens (including phenoxy) is 1. The third-order valence-corrected chi connectivity index (χ3v) is 6.82. The number of guanidine groups is 1. The number of nitrogens with one attached hydrogen (secondary N) is 2. The molecule has 9 heteroatoms. The number of aromatic nitrogens is 1. The van der Waals surface area contributed by atoms with Crippen molar-refractivity contribution in [3.05, 3.63) is 47.2 Å². The van der Waals surface area contributed by atoms with Crippen molar-refractivity contribution >= 4 is 29.4 Å². The van der Waals surface area contributed by atoms with E-state index in [2.05, 4.69) is 10.3 Å². The molecule has 1 aromatic carbocycles. The Morgan fingerprint density at radius 3 is 2.73 bits per heavy atom. The fraction of sp³-hybridized carbons (Fsp3) is 0.417. The van der Waals surface area contributed by atoms with E-state index in [-0.39, 0.29) is 23.7 Å². The molecule has 1 atom stereocenters. The molecule has 0 bridgehead atoms. The van der Waals surface area contributed by atoms with Crippen LogP contribution in [0.15, 0.2) is 36.5 Å². The Balaban J connectivity index is 1.56. The zero-order chi connectivity index (χ0) is 23.8. The molecule has 2 aromatic rings. The van der Waals surface area contributed by atoms with Gasteiger partial charge in [-0.15, -0.1) is 0 Å². The van der Waals surface area contributed by atoms with Crippen molar-refractivity contribution in [1.82, 2.24) is 20.1 Å². The SMILES string of the molecule is COc1cnc(Cl)cc1-c1cccc(C2(C)NC(=N)N(CC3CCN(C(C)=O)CC3)C2=O)c1. The van der Waals surface area contributed by atoms with Crippen LogP contribution in [0, 0.1) is 11.3 Å². The van der Waals surface area contributed by atoms with Gasteiger partial charge in [0, 0.05) is 32.1 Å². The lowest BCUT2D eigenvalue weighted by molar-refractivity contribution is -0.133. The lowest BCUT2D eigenvalue weighted by Crippen LogP contribution is -2.43. The van der Waals surface area contributed by atoms with Crippen LogP contribution < -0.4 is 10.1 Å². The summed E-state index contributed by atoms with van der Waals surface area (Å²) < 4.78 is 5.44. The van der Waals surface area contributed by atoms with Crippen LogP contribution in [-0.2, 0) is 15.1 Å². The second-order valence-corrected chi connectivity index (χ2v) is 9.14. The molecule has 0 aliphatic carbocycles. The molecule has 0 saturated carbocycles. The Kier molecular flexibility index (Phi) is 6.30. The van der Waals surface area contributed by atoms with E-state index in [9.17, 15) is 9.59 Å². The number of piperidine rings is 1. The average Bonchev–Trinajstić information content (AvgIpc) is 3.03. The predicted molar refractivity (Wildman–Crippen MR) is 126 cm³/mol. The van der Waals surface area contributed by atoms with Crippen LogP contribution >= 0.6 is 11.6 Å². The topological polar surface area (TPSA) is 98.6 Å². The van der Waals surface area contributed by atoms with Crippen LogP contribution in [0.3, 0.4) is 0 Å². The first-order valence-electron chi connectivity index (χ1n) is 11.0. The number of rotatable bonds is 5. The number of methoxy groups -OCH3 is 1.